The number of hydrogen-bond donors (Lipinski definition) is 6. The molecule has 0 unspecified atom stereocenters. The first kappa shape index (κ1) is 53.5. The summed E-state index contributed by atoms with van der Waals surface area (Å²) in [4.78, 5) is 83.1. The molecule has 0 bridgehead atoms. The van der Waals surface area contributed by atoms with Gasteiger partial charge in [-0.3, -0.25) is 28.8 Å². The van der Waals surface area contributed by atoms with Crippen LogP contribution in [-0.2, 0) is 52.5 Å². The summed E-state index contributed by atoms with van der Waals surface area (Å²) in [6.07, 6.45) is 5.47. The fourth-order valence-electron chi connectivity index (χ4n) is 5.37. The zero-order valence-electron chi connectivity index (χ0n) is 35.3. The first-order valence-corrected chi connectivity index (χ1v) is 20.2. The molecule has 0 aromatic carbocycles. The van der Waals surface area contributed by atoms with Gasteiger partial charge in [-0.25, -0.2) is 4.79 Å². The molecule has 0 aromatic rings. The summed E-state index contributed by atoms with van der Waals surface area (Å²) in [5.41, 5.74) is -0.607. The van der Waals surface area contributed by atoms with E-state index in [0.29, 0.717) is 58.3 Å². The van der Waals surface area contributed by atoms with Crippen LogP contribution in [0, 0.1) is 5.41 Å². The van der Waals surface area contributed by atoms with Gasteiger partial charge in [-0.05, 0) is 65.7 Å². The molecule has 0 heterocycles. The summed E-state index contributed by atoms with van der Waals surface area (Å²) in [5, 5.41) is 29.3. The number of carboxylic acids is 2. The van der Waals surface area contributed by atoms with Crippen LogP contribution in [0.3, 0.4) is 0 Å². The minimum absolute atomic E-state index is 0.0597. The number of carboxylic acid groups (broad SMARTS) is 2. The lowest BCUT2D eigenvalue weighted by molar-refractivity contribution is -0.142. The molecule has 17 nitrogen and oxygen atoms in total. The monoisotopic (exact) mass is 817 g/mol. The molecule has 0 radical (unpaired) electrons. The Bertz CT molecular complexity index is 1200. The first-order chi connectivity index (χ1) is 26.8. The Morgan fingerprint density at radius 2 is 1.12 bits per heavy atom. The van der Waals surface area contributed by atoms with Crippen LogP contribution in [0.1, 0.15) is 125 Å². The number of rotatable bonds is 36. The molecule has 0 aliphatic carbocycles. The van der Waals surface area contributed by atoms with Crippen molar-refractivity contribution >= 4 is 41.2 Å². The molecule has 0 spiro atoms. The van der Waals surface area contributed by atoms with Gasteiger partial charge >= 0.3 is 11.9 Å². The quantitative estimate of drug-likeness (QED) is 0.0499. The molecule has 2 atom stereocenters. The largest absolute Gasteiger partial charge is 0.481 e. The maximum Gasteiger partial charge on any atom is 0.326 e. The van der Waals surface area contributed by atoms with Crippen LogP contribution < -0.4 is 21.3 Å². The third-order valence-corrected chi connectivity index (χ3v) is 8.30. The van der Waals surface area contributed by atoms with Crippen molar-refractivity contribution in [3.63, 3.8) is 0 Å². The van der Waals surface area contributed by atoms with Crippen LogP contribution >= 0.6 is 0 Å². The number of ketones is 2. The number of aliphatic carboxylic acids is 2. The predicted octanol–water partition coefficient (Wildman–Crippen LogP) is 2.95. The maximum absolute atomic E-state index is 12.8. The van der Waals surface area contributed by atoms with Crippen LogP contribution in [0.4, 0.5) is 0 Å². The number of hydrogen-bond acceptors (Lipinski definition) is 12. The van der Waals surface area contributed by atoms with E-state index in [1.165, 1.54) is 0 Å². The summed E-state index contributed by atoms with van der Waals surface area (Å²) in [5.74, 6) is -3.02. The molecule has 0 aromatic heterocycles. The van der Waals surface area contributed by atoms with Crippen molar-refractivity contribution in [3.8, 4) is 0 Å². The van der Waals surface area contributed by atoms with Gasteiger partial charge < -0.3 is 50.4 Å². The highest BCUT2D eigenvalue weighted by molar-refractivity contribution is 5.88. The molecule has 0 aliphatic rings. The summed E-state index contributed by atoms with van der Waals surface area (Å²) >= 11 is 0. The fraction of sp³-hybridized carbons (Fsp3) is 0.825. The minimum Gasteiger partial charge on any atom is -0.481 e. The van der Waals surface area contributed by atoms with Gasteiger partial charge in [0.25, 0.3) is 0 Å². The van der Waals surface area contributed by atoms with Gasteiger partial charge in [-0.2, -0.15) is 0 Å². The SMILES string of the molecule is CC(C)(C)N[C@@H](CCCCNC(=O)COCCOCCCC(=O)COCCOCCNC(=O)CC[C@H](NC(=O)CCCCCCC(=O)O)C(=O)O)C(=O)C(C)(C)C. The Hall–Kier alpha value is -3.51. The van der Waals surface area contributed by atoms with Gasteiger partial charge in [0.2, 0.25) is 17.7 Å². The zero-order valence-corrected chi connectivity index (χ0v) is 35.3. The standard InChI is InChI=1S/C40H72N4O13/c1-39(2,3)37(51)31(44-40(4,5)6)15-11-12-20-41-35(48)29-57-27-24-54-22-13-14-30(45)28-56-26-25-55-23-21-42-33(46)19-18-32(38(52)53)43-34(47)16-9-7-8-10-17-36(49)50/h31-32,44H,7-29H2,1-6H3,(H,41,48)(H,42,46)(H,43,47)(H,49,50)(H,52,53)/t31-,32-/m0/s1. The van der Waals surface area contributed by atoms with Crippen LogP contribution in [0.5, 0.6) is 0 Å². The second-order valence-electron chi connectivity index (χ2n) is 16.0. The van der Waals surface area contributed by atoms with Crippen molar-refractivity contribution in [2.45, 2.75) is 143 Å². The molecule has 0 fully saturated rings. The van der Waals surface area contributed by atoms with E-state index in [1.54, 1.807) is 0 Å². The van der Waals surface area contributed by atoms with E-state index in [4.69, 9.17) is 24.1 Å². The molecule has 0 aliphatic heterocycles. The fourth-order valence-corrected chi connectivity index (χ4v) is 5.37. The average molecular weight is 817 g/mol. The second kappa shape index (κ2) is 31.5. The van der Waals surface area contributed by atoms with Gasteiger partial charge in [0.1, 0.15) is 19.3 Å². The Morgan fingerprint density at radius 3 is 1.74 bits per heavy atom. The number of amides is 3. The molecule has 0 saturated heterocycles. The summed E-state index contributed by atoms with van der Waals surface area (Å²) in [6, 6.07) is -1.42. The van der Waals surface area contributed by atoms with E-state index in [2.05, 4.69) is 21.3 Å². The number of ether oxygens (including phenoxy) is 4. The number of carbonyl (C=O) groups is 7. The maximum atomic E-state index is 12.8. The molecule has 0 saturated carbocycles. The van der Waals surface area contributed by atoms with Crippen molar-refractivity contribution in [2.75, 3.05) is 65.9 Å². The van der Waals surface area contributed by atoms with E-state index >= 15 is 0 Å². The van der Waals surface area contributed by atoms with Gasteiger partial charge in [-0.1, -0.05) is 33.6 Å². The van der Waals surface area contributed by atoms with Crippen molar-refractivity contribution in [1.82, 2.24) is 21.3 Å². The van der Waals surface area contributed by atoms with Crippen LogP contribution in [0.2, 0.25) is 0 Å². The molecule has 3 amide bonds. The molecular formula is C40H72N4O13. The molecule has 0 rings (SSSR count). The summed E-state index contributed by atoms with van der Waals surface area (Å²) < 4.78 is 21.5. The predicted molar refractivity (Wildman–Crippen MR) is 213 cm³/mol. The van der Waals surface area contributed by atoms with Gasteiger partial charge in [0, 0.05) is 56.3 Å². The number of nitrogens with one attached hydrogen (secondary N) is 4. The van der Waals surface area contributed by atoms with Crippen molar-refractivity contribution < 1.29 is 62.7 Å². The van der Waals surface area contributed by atoms with Gasteiger partial charge in [0.15, 0.2) is 11.6 Å². The van der Waals surface area contributed by atoms with E-state index in [1.807, 2.05) is 41.5 Å². The van der Waals surface area contributed by atoms with Crippen LogP contribution in [0.25, 0.3) is 0 Å². The zero-order chi connectivity index (χ0) is 43.1. The first-order valence-electron chi connectivity index (χ1n) is 20.2. The number of unbranched alkanes of at least 4 members (excludes halogenated alkanes) is 4. The average Bonchev–Trinajstić information content (AvgIpc) is 3.11. The Kier molecular flexibility index (Phi) is 29.5. The minimum atomic E-state index is -1.23. The van der Waals surface area contributed by atoms with E-state index in [9.17, 15) is 38.7 Å². The lowest BCUT2D eigenvalue weighted by Crippen LogP contribution is -2.50. The highest BCUT2D eigenvalue weighted by Crippen LogP contribution is 2.21. The molecular weight excluding hydrogens is 744 g/mol. The third kappa shape index (κ3) is 33.2. The smallest absolute Gasteiger partial charge is 0.326 e. The van der Waals surface area contributed by atoms with Gasteiger partial charge in [0.05, 0.1) is 39.1 Å². The molecule has 17 heteroatoms. The van der Waals surface area contributed by atoms with Crippen molar-refractivity contribution in [2.24, 2.45) is 5.41 Å². The van der Waals surface area contributed by atoms with Crippen LogP contribution in [0.15, 0.2) is 0 Å². The summed E-state index contributed by atoms with van der Waals surface area (Å²) in [6.45, 7) is 14.0. The Balaban J connectivity index is 3.79. The normalized spacial score (nSPS) is 12.7. The third-order valence-electron chi connectivity index (χ3n) is 8.30. The highest BCUT2D eigenvalue weighted by atomic mass is 16.5. The van der Waals surface area contributed by atoms with E-state index < -0.39 is 29.3 Å². The van der Waals surface area contributed by atoms with Crippen molar-refractivity contribution in [3.05, 3.63) is 0 Å². The van der Waals surface area contributed by atoms with E-state index in [0.717, 1.165) is 12.8 Å². The highest BCUT2D eigenvalue weighted by Gasteiger charge is 2.31. The van der Waals surface area contributed by atoms with Crippen molar-refractivity contribution in [1.29, 1.82) is 0 Å². The lowest BCUT2D eigenvalue weighted by atomic mass is 9.84. The Labute approximate surface area is 338 Å². The number of carbonyl (C=O) groups excluding carboxylic acids is 5. The molecule has 57 heavy (non-hydrogen) atoms. The Morgan fingerprint density at radius 1 is 0.526 bits per heavy atom. The summed E-state index contributed by atoms with van der Waals surface area (Å²) in [7, 11) is 0. The van der Waals surface area contributed by atoms with E-state index in [-0.39, 0.29) is 113 Å². The second-order valence-corrected chi connectivity index (χ2v) is 16.0. The molecule has 330 valence electrons. The lowest BCUT2D eigenvalue weighted by Gasteiger charge is -2.31. The van der Waals surface area contributed by atoms with Gasteiger partial charge in [-0.15, -0.1) is 0 Å². The topological polar surface area (TPSA) is 245 Å². The number of Topliss-reactive ketones (excluding diaryl/α,β-unsaturated/α-hetero) is 2. The molecule has 6 N–H and O–H groups in total. The van der Waals surface area contributed by atoms with Crippen LogP contribution in [-0.4, -0.2) is 135 Å².